The molecule has 0 radical (unpaired) electrons. The van der Waals surface area contributed by atoms with E-state index in [1.54, 1.807) is 6.07 Å². The Morgan fingerprint density at radius 1 is 1.20 bits per heavy atom. The van der Waals surface area contributed by atoms with Crippen LogP contribution in [-0.2, 0) is 10.2 Å². The van der Waals surface area contributed by atoms with E-state index in [1.807, 2.05) is 31.3 Å². The quantitative estimate of drug-likeness (QED) is 0.917. The largest absolute Gasteiger partial charge is 0.388 e. The van der Waals surface area contributed by atoms with Crippen LogP contribution in [0.25, 0.3) is 0 Å². The minimum absolute atomic E-state index is 0.189. The number of ether oxygens (including phenoxy) is 1. The van der Waals surface area contributed by atoms with E-state index in [2.05, 4.69) is 27.3 Å². The summed E-state index contributed by atoms with van der Waals surface area (Å²) in [6.07, 6.45) is 0. The fraction of sp³-hybridized carbons (Fsp3) is 0.250. The molecule has 0 aromatic heterocycles. The molecule has 3 rings (SSSR count). The molecule has 0 unspecified atom stereocenters. The minimum Gasteiger partial charge on any atom is -0.388 e. The molecule has 1 saturated heterocycles. The number of rotatable bonds is 3. The molecule has 0 saturated carbocycles. The maximum absolute atomic E-state index is 14.3. The van der Waals surface area contributed by atoms with Crippen LogP contribution in [0.2, 0.25) is 0 Å². The summed E-state index contributed by atoms with van der Waals surface area (Å²) in [4.78, 5) is 0. The normalized spacial score (nSPS) is 16.6. The van der Waals surface area contributed by atoms with Gasteiger partial charge in [0.25, 0.3) is 0 Å². The third-order valence-electron chi connectivity index (χ3n) is 3.84. The summed E-state index contributed by atoms with van der Waals surface area (Å²) in [5.74, 6) is -0.189. The van der Waals surface area contributed by atoms with E-state index in [9.17, 15) is 4.39 Å². The Labute approximate surface area is 126 Å². The van der Waals surface area contributed by atoms with Crippen molar-refractivity contribution in [3.8, 4) is 0 Å². The molecule has 1 N–H and O–H groups in total. The first kappa shape index (κ1) is 13.6. The van der Waals surface area contributed by atoms with Crippen LogP contribution >= 0.6 is 15.9 Å². The molecule has 0 aliphatic carbocycles. The number of anilines is 1. The summed E-state index contributed by atoms with van der Waals surface area (Å²) in [6, 6.07) is 13.1. The van der Waals surface area contributed by atoms with E-state index >= 15 is 0 Å². The van der Waals surface area contributed by atoms with Crippen molar-refractivity contribution >= 4 is 21.6 Å². The second kappa shape index (κ2) is 5.19. The van der Waals surface area contributed by atoms with Gasteiger partial charge in [-0.25, -0.2) is 4.39 Å². The first-order chi connectivity index (χ1) is 9.65. The maximum atomic E-state index is 14.3. The van der Waals surface area contributed by atoms with E-state index in [0.29, 0.717) is 18.8 Å². The summed E-state index contributed by atoms with van der Waals surface area (Å²) in [6.45, 7) is 1.01. The molecule has 1 aliphatic heterocycles. The van der Waals surface area contributed by atoms with Gasteiger partial charge in [0.2, 0.25) is 0 Å². The van der Waals surface area contributed by atoms with Gasteiger partial charge in [0.05, 0.1) is 18.6 Å². The Bertz CT molecular complexity index is 640. The lowest BCUT2D eigenvalue weighted by Gasteiger charge is -2.42. The topological polar surface area (TPSA) is 21.3 Å². The van der Waals surface area contributed by atoms with Gasteiger partial charge in [-0.3, -0.25) is 0 Å². The van der Waals surface area contributed by atoms with Crippen molar-refractivity contribution in [3.63, 3.8) is 0 Å². The molecule has 20 heavy (non-hydrogen) atoms. The SMILES string of the molecule is CNc1cccc(C2(c3cc(Br)ccc3F)COC2)c1. The Balaban J connectivity index is 2.13. The molecule has 1 fully saturated rings. The van der Waals surface area contributed by atoms with Crippen LogP contribution in [0.1, 0.15) is 11.1 Å². The number of nitrogens with one attached hydrogen (secondary N) is 1. The minimum atomic E-state index is -0.388. The Hall–Kier alpha value is -1.39. The average molecular weight is 336 g/mol. The van der Waals surface area contributed by atoms with Crippen LogP contribution < -0.4 is 5.32 Å². The van der Waals surface area contributed by atoms with Crippen LogP contribution in [0.4, 0.5) is 10.1 Å². The Kier molecular flexibility index (Phi) is 3.52. The zero-order valence-corrected chi connectivity index (χ0v) is 12.7. The number of hydrogen-bond donors (Lipinski definition) is 1. The molecule has 2 nitrogen and oxygen atoms in total. The number of halogens is 2. The number of hydrogen-bond acceptors (Lipinski definition) is 2. The lowest BCUT2D eigenvalue weighted by atomic mass is 9.72. The smallest absolute Gasteiger partial charge is 0.127 e. The predicted octanol–water partition coefficient (Wildman–Crippen LogP) is 3.95. The monoisotopic (exact) mass is 335 g/mol. The highest BCUT2D eigenvalue weighted by molar-refractivity contribution is 9.10. The Morgan fingerprint density at radius 3 is 2.65 bits per heavy atom. The van der Waals surface area contributed by atoms with Crippen molar-refractivity contribution in [1.29, 1.82) is 0 Å². The molecule has 2 aromatic rings. The van der Waals surface area contributed by atoms with E-state index < -0.39 is 0 Å². The lowest BCUT2D eigenvalue weighted by molar-refractivity contribution is -0.0395. The van der Waals surface area contributed by atoms with Gasteiger partial charge >= 0.3 is 0 Å². The van der Waals surface area contributed by atoms with Crippen molar-refractivity contribution in [2.24, 2.45) is 0 Å². The summed E-state index contributed by atoms with van der Waals surface area (Å²) >= 11 is 3.42. The van der Waals surface area contributed by atoms with E-state index in [0.717, 1.165) is 15.7 Å². The van der Waals surface area contributed by atoms with Crippen molar-refractivity contribution in [2.45, 2.75) is 5.41 Å². The van der Waals surface area contributed by atoms with E-state index in [1.165, 1.54) is 6.07 Å². The molecule has 0 spiro atoms. The fourth-order valence-electron chi connectivity index (χ4n) is 2.62. The molecule has 1 aliphatic rings. The van der Waals surface area contributed by atoms with Crippen LogP contribution in [0.3, 0.4) is 0 Å². The van der Waals surface area contributed by atoms with Gasteiger partial charge in [0, 0.05) is 22.8 Å². The lowest BCUT2D eigenvalue weighted by Crippen LogP contribution is -2.48. The second-order valence-electron chi connectivity index (χ2n) is 5.03. The highest BCUT2D eigenvalue weighted by Crippen LogP contribution is 2.41. The highest BCUT2D eigenvalue weighted by Gasteiger charge is 2.44. The summed E-state index contributed by atoms with van der Waals surface area (Å²) in [7, 11) is 1.88. The first-order valence-electron chi connectivity index (χ1n) is 6.47. The van der Waals surface area contributed by atoms with Gasteiger partial charge in [0.15, 0.2) is 0 Å². The predicted molar refractivity (Wildman–Crippen MR) is 81.7 cm³/mol. The van der Waals surface area contributed by atoms with Crippen molar-refractivity contribution < 1.29 is 9.13 Å². The van der Waals surface area contributed by atoms with Gasteiger partial charge in [-0.05, 0) is 35.9 Å². The highest BCUT2D eigenvalue weighted by atomic mass is 79.9. The molecule has 4 heteroatoms. The molecule has 1 heterocycles. The van der Waals surface area contributed by atoms with Gasteiger partial charge < -0.3 is 10.1 Å². The van der Waals surface area contributed by atoms with Crippen LogP contribution in [0.5, 0.6) is 0 Å². The van der Waals surface area contributed by atoms with Gasteiger partial charge in [0.1, 0.15) is 5.82 Å². The molecule has 104 valence electrons. The zero-order valence-electron chi connectivity index (χ0n) is 11.1. The van der Waals surface area contributed by atoms with Gasteiger partial charge in [-0.15, -0.1) is 0 Å². The third kappa shape index (κ3) is 2.13. The van der Waals surface area contributed by atoms with E-state index in [4.69, 9.17) is 4.74 Å². The average Bonchev–Trinajstić information content (AvgIpc) is 2.42. The summed E-state index contributed by atoms with van der Waals surface area (Å²) in [5.41, 5.74) is 2.39. The first-order valence-corrected chi connectivity index (χ1v) is 7.26. The van der Waals surface area contributed by atoms with Crippen molar-refractivity contribution in [1.82, 2.24) is 0 Å². The fourth-order valence-corrected chi connectivity index (χ4v) is 2.98. The van der Waals surface area contributed by atoms with E-state index in [-0.39, 0.29) is 11.2 Å². The summed E-state index contributed by atoms with van der Waals surface area (Å²) in [5, 5.41) is 3.12. The summed E-state index contributed by atoms with van der Waals surface area (Å²) < 4.78 is 20.6. The molecule has 2 aromatic carbocycles. The van der Waals surface area contributed by atoms with Crippen molar-refractivity contribution in [2.75, 3.05) is 25.6 Å². The molecule has 0 bridgehead atoms. The standard InChI is InChI=1S/C16H15BrFNO/c1-19-13-4-2-3-11(7-13)16(9-20-10-16)14-8-12(17)5-6-15(14)18/h2-8,19H,9-10H2,1H3. The zero-order chi connectivity index (χ0) is 14.2. The van der Waals surface area contributed by atoms with Gasteiger partial charge in [-0.2, -0.15) is 0 Å². The Morgan fingerprint density at radius 2 is 2.00 bits per heavy atom. The molecular formula is C16H15BrFNO. The third-order valence-corrected chi connectivity index (χ3v) is 4.34. The molecule has 0 amide bonds. The van der Waals surface area contributed by atoms with Crippen LogP contribution in [0.15, 0.2) is 46.9 Å². The number of benzene rings is 2. The molecular weight excluding hydrogens is 321 g/mol. The van der Waals surface area contributed by atoms with Crippen molar-refractivity contribution in [3.05, 3.63) is 63.9 Å². The van der Waals surface area contributed by atoms with Crippen LogP contribution in [-0.4, -0.2) is 20.3 Å². The molecule has 0 atom stereocenters. The maximum Gasteiger partial charge on any atom is 0.127 e. The van der Waals surface area contributed by atoms with Crippen LogP contribution in [0, 0.1) is 5.82 Å². The van der Waals surface area contributed by atoms with Gasteiger partial charge in [-0.1, -0.05) is 28.1 Å². The second-order valence-corrected chi connectivity index (χ2v) is 5.95.